The maximum Gasteiger partial charge on any atom is 0.408 e. The zero-order chi connectivity index (χ0) is 21.2. The van der Waals surface area contributed by atoms with Crippen LogP contribution in [0.3, 0.4) is 0 Å². The van der Waals surface area contributed by atoms with Crippen molar-refractivity contribution in [3.8, 4) is 11.8 Å². The van der Waals surface area contributed by atoms with E-state index >= 15 is 0 Å². The van der Waals surface area contributed by atoms with E-state index in [1.807, 2.05) is 0 Å². The first kappa shape index (κ1) is 20.6. The Kier molecular flexibility index (Phi) is 5.78. The molecule has 152 valence electrons. The number of nitrogens with zero attached hydrogens (tertiary/aromatic N) is 1. The average molecular weight is 406 g/mol. The highest BCUT2D eigenvalue weighted by atomic mass is 19.3. The van der Waals surface area contributed by atoms with E-state index in [2.05, 4.69) is 28.9 Å². The van der Waals surface area contributed by atoms with Gasteiger partial charge in [0.15, 0.2) is 6.10 Å². The third-order valence-electron chi connectivity index (χ3n) is 4.64. The minimum Gasteiger partial charge on any atom is -0.439 e. The van der Waals surface area contributed by atoms with Gasteiger partial charge in [0.2, 0.25) is 0 Å². The third-order valence-corrected chi connectivity index (χ3v) is 4.64. The number of nitrogens with one attached hydrogen (secondary N) is 1. The van der Waals surface area contributed by atoms with E-state index in [-0.39, 0.29) is 18.4 Å². The second-order valence-electron chi connectivity index (χ2n) is 7.04. The van der Waals surface area contributed by atoms with Crippen molar-refractivity contribution in [1.29, 1.82) is 0 Å². The highest BCUT2D eigenvalue weighted by Gasteiger charge is 2.44. The van der Waals surface area contributed by atoms with E-state index in [0.717, 1.165) is 18.2 Å². The van der Waals surface area contributed by atoms with Crippen molar-refractivity contribution in [1.82, 2.24) is 5.32 Å². The lowest BCUT2D eigenvalue weighted by Gasteiger charge is -2.31. The van der Waals surface area contributed by atoms with Gasteiger partial charge < -0.3 is 10.1 Å². The molecule has 0 spiro atoms. The number of amides is 1. The predicted octanol–water partition coefficient (Wildman–Crippen LogP) is 4.69. The van der Waals surface area contributed by atoms with Crippen LogP contribution in [0.15, 0.2) is 46.6 Å². The summed E-state index contributed by atoms with van der Waals surface area (Å²) < 4.78 is 58.2. The van der Waals surface area contributed by atoms with E-state index in [1.54, 1.807) is 13.0 Å². The lowest BCUT2D eigenvalue weighted by molar-refractivity contribution is -0.0936. The summed E-state index contributed by atoms with van der Waals surface area (Å²) in [5.74, 6) is 0.928. The molecule has 2 aliphatic rings. The number of rotatable bonds is 4. The second-order valence-corrected chi connectivity index (χ2v) is 7.04. The summed E-state index contributed by atoms with van der Waals surface area (Å²) in [6, 6.07) is 2.20. The van der Waals surface area contributed by atoms with Gasteiger partial charge in [-0.1, -0.05) is 11.8 Å². The second kappa shape index (κ2) is 8.11. The van der Waals surface area contributed by atoms with Gasteiger partial charge >= 0.3 is 6.09 Å². The highest BCUT2D eigenvalue weighted by molar-refractivity contribution is 5.71. The molecule has 29 heavy (non-hydrogen) atoms. The first-order valence-corrected chi connectivity index (χ1v) is 8.83. The fourth-order valence-electron chi connectivity index (χ4n) is 3.26. The topological polar surface area (TPSA) is 50.7 Å². The number of cyclic esters (lactones) is 1. The van der Waals surface area contributed by atoms with Gasteiger partial charge in [-0.05, 0) is 37.4 Å². The van der Waals surface area contributed by atoms with Crippen molar-refractivity contribution >= 4 is 12.8 Å². The normalized spacial score (nSPS) is 24.1. The van der Waals surface area contributed by atoms with E-state index in [4.69, 9.17) is 4.74 Å². The van der Waals surface area contributed by atoms with Crippen molar-refractivity contribution in [2.24, 2.45) is 10.9 Å². The molecule has 1 aromatic carbocycles. The van der Waals surface area contributed by atoms with Crippen molar-refractivity contribution < 1.29 is 27.1 Å². The van der Waals surface area contributed by atoms with Gasteiger partial charge in [0.1, 0.15) is 11.6 Å². The van der Waals surface area contributed by atoms with Gasteiger partial charge in [-0.3, -0.25) is 4.99 Å². The molecule has 2 atom stereocenters. The van der Waals surface area contributed by atoms with Crippen LogP contribution in [-0.4, -0.2) is 24.8 Å². The Morgan fingerprint density at radius 2 is 1.97 bits per heavy atom. The maximum atomic E-state index is 13.6. The van der Waals surface area contributed by atoms with Gasteiger partial charge in [0, 0.05) is 42.2 Å². The molecule has 1 aliphatic carbocycles. The molecule has 3 rings (SSSR count). The summed E-state index contributed by atoms with van der Waals surface area (Å²) in [7, 11) is 0. The van der Waals surface area contributed by atoms with Crippen molar-refractivity contribution in [2.45, 2.75) is 37.8 Å². The number of alkyl halides is 2. The van der Waals surface area contributed by atoms with Crippen LogP contribution in [0.2, 0.25) is 0 Å². The Morgan fingerprint density at radius 1 is 1.31 bits per heavy atom. The zero-order valence-corrected chi connectivity index (χ0v) is 15.5. The Balaban J connectivity index is 1.83. The Morgan fingerprint density at radius 3 is 2.55 bits per heavy atom. The largest absolute Gasteiger partial charge is 0.439 e. The third kappa shape index (κ3) is 5.05. The number of allylic oxidation sites excluding steroid dienone is 2. The lowest BCUT2D eigenvalue weighted by atomic mass is 9.82. The predicted molar refractivity (Wildman–Crippen MR) is 99.3 cm³/mol. The van der Waals surface area contributed by atoms with E-state index in [1.165, 1.54) is 6.20 Å². The first-order chi connectivity index (χ1) is 13.7. The number of ether oxygens (including phenoxy) is 1. The van der Waals surface area contributed by atoms with Crippen LogP contribution in [0.5, 0.6) is 0 Å². The number of hydrogen-bond acceptors (Lipinski definition) is 3. The molecule has 0 aromatic heterocycles. The van der Waals surface area contributed by atoms with Crippen molar-refractivity contribution in [3.63, 3.8) is 0 Å². The zero-order valence-electron chi connectivity index (χ0n) is 15.5. The van der Waals surface area contributed by atoms with E-state index in [9.17, 15) is 22.4 Å². The summed E-state index contributed by atoms with van der Waals surface area (Å²) in [5.41, 5.74) is 1.14. The molecule has 1 heterocycles. The number of aliphatic imine (C=N–C) groups is 1. The van der Waals surface area contributed by atoms with Crippen LogP contribution < -0.4 is 5.32 Å². The van der Waals surface area contributed by atoms with Crippen LogP contribution in [0.4, 0.5) is 22.4 Å². The molecule has 1 N–H and O–H groups in total. The molecule has 2 fully saturated rings. The first-order valence-electron chi connectivity index (χ1n) is 8.83. The fraction of sp³-hybridized carbons (Fsp3) is 0.333. The number of benzene rings is 1. The Labute approximate surface area is 165 Å². The molecular formula is C21H18F4N2O2. The minimum atomic E-state index is -2.66. The van der Waals surface area contributed by atoms with Crippen molar-refractivity contribution in [2.75, 3.05) is 0 Å². The SMILES string of the molecule is C=N/C=C(C#CC1CC(F)(F)C1)\C=C(/C)[C@H]1NC(=O)O[C@@H]1c1cc(F)cc(F)c1. The average Bonchev–Trinajstić information content (AvgIpc) is 2.99. The molecule has 1 amide bonds. The summed E-state index contributed by atoms with van der Waals surface area (Å²) in [6.07, 6.45) is 0.726. The molecular weight excluding hydrogens is 388 g/mol. The van der Waals surface area contributed by atoms with Gasteiger partial charge in [-0.15, -0.1) is 0 Å². The number of carbonyl (C=O) groups excluding carboxylic acids is 1. The number of alkyl carbamates (subject to hydrolysis) is 1. The Hall–Kier alpha value is -3.08. The monoisotopic (exact) mass is 406 g/mol. The number of halogens is 4. The van der Waals surface area contributed by atoms with Gasteiger partial charge in [-0.25, -0.2) is 22.4 Å². The van der Waals surface area contributed by atoms with Crippen LogP contribution >= 0.6 is 0 Å². The summed E-state index contributed by atoms with van der Waals surface area (Å²) >= 11 is 0. The van der Waals surface area contributed by atoms with Gasteiger partial charge in [0.05, 0.1) is 6.04 Å². The fourth-order valence-corrected chi connectivity index (χ4v) is 3.26. The quantitative estimate of drug-likeness (QED) is 0.341. The molecule has 0 bridgehead atoms. The summed E-state index contributed by atoms with van der Waals surface area (Å²) in [5, 5.41) is 2.59. The summed E-state index contributed by atoms with van der Waals surface area (Å²) in [6.45, 7) is 5.04. The molecule has 1 aromatic rings. The van der Waals surface area contributed by atoms with Crippen molar-refractivity contribution in [3.05, 3.63) is 58.8 Å². The van der Waals surface area contributed by atoms with Crippen LogP contribution in [0.25, 0.3) is 0 Å². The number of carbonyl (C=O) groups is 1. The van der Waals surface area contributed by atoms with Gasteiger partial charge in [-0.2, -0.15) is 0 Å². The summed E-state index contributed by atoms with van der Waals surface area (Å²) in [4.78, 5) is 15.4. The van der Waals surface area contributed by atoms with Crippen LogP contribution in [0.1, 0.15) is 31.4 Å². The maximum absolute atomic E-state index is 13.6. The molecule has 8 heteroatoms. The molecule has 0 radical (unpaired) electrons. The lowest BCUT2D eigenvalue weighted by Crippen LogP contribution is -2.34. The smallest absolute Gasteiger partial charge is 0.408 e. The molecule has 0 unspecified atom stereocenters. The number of hydrogen-bond donors (Lipinski definition) is 1. The minimum absolute atomic E-state index is 0.161. The van der Waals surface area contributed by atoms with Crippen LogP contribution in [-0.2, 0) is 4.74 Å². The Bertz CT molecular complexity index is 931. The van der Waals surface area contributed by atoms with E-state index < -0.39 is 41.7 Å². The highest BCUT2D eigenvalue weighted by Crippen LogP contribution is 2.41. The van der Waals surface area contributed by atoms with E-state index in [0.29, 0.717) is 11.1 Å². The molecule has 1 saturated carbocycles. The molecule has 1 aliphatic heterocycles. The molecule has 4 nitrogen and oxygen atoms in total. The standard InChI is InChI=1S/C21H18F4N2O2/c1-12(5-13(11-26-2)3-4-14-9-21(24,25)10-14)18-19(29-20(28)27-18)15-6-16(22)8-17(23)7-15/h5-8,11,14,18-19H,2,9-10H2,1H3,(H,27,28)/b12-5+,13-11-/t18-,19-/m1/s1. The van der Waals surface area contributed by atoms with Gasteiger partial charge in [0.25, 0.3) is 5.92 Å². The molecule has 1 saturated heterocycles. The van der Waals surface area contributed by atoms with Crippen LogP contribution in [0, 0.1) is 29.4 Å².